The van der Waals surface area contributed by atoms with Crippen LogP contribution in [0.4, 0.5) is 0 Å². The van der Waals surface area contributed by atoms with Crippen molar-refractivity contribution in [3.05, 3.63) is 0 Å². The number of aliphatic hydroxyl groups excluding tert-OH is 1. The molecule has 1 aliphatic carbocycles. The van der Waals surface area contributed by atoms with E-state index in [-0.39, 0.29) is 17.4 Å². The Bertz CT molecular complexity index is 342. The number of aliphatic hydroxyl groups is 1. The van der Waals surface area contributed by atoms with Crippen LogP contribution < -0.4 is 5.32 Å². The first-order chi connectivity index (χ1) is 10.5. The van der Waals surface area contributed by atoms with Gasteiger partial charge in [0.15, 0.2) is 0 Å². The van der Waals surface area contributed by atoms with E-state index in [0.29, 0.717) is 23.7 Å². The number of carbonyl (C=O) groups excluding carboxylic acids is 1. The van der Waals surface area contributed by atoms with Crippen molar-refractivity contribution >= 4 is 5.91 Å². The van der Waals surface area contributed by atoms with E-state index in [1.165, 1.54) is 12.8 Å². The maximum Gasteiger partial charge on any atom is 0.226 e. The van der Waals surface area contributed by atoms with Gasteiger partial charge in [-0.25, -0.2) is 0 Å². The topological polar surface area (TPSA) is 49.3 Å². The van der Waals surface area contributed by atoms with Crippen LogP contribution in [0.1, 0.15) is 74.7 Å². The summed E-state index contributed by atoms with van der Waals surface area (Å²) < 4.78 is 0. The third-order valence-electron chi connectivity index (χ3n) is 6.10. The monoisotopic (exact) mass is 327 g/mol. The fraction of sp³-hybridized carbons (Fsp3) is 0.950. The smallest absolute Gasteiger partial charge is 0.226 e. The van der Waals surface area contributed by atoms with Gasteiger partial charge in [-0.1, -0.05) is 61.8 Å². The van der Waals surface area contributed by atoms with E-state index in [1.807, 2.05) is 6.92 Å². The highest BCUT2D eigenvalue weighted by molar-refractivity contribution is 5.82. The summed E-state index contributed by atoms with van der Waals surface area (Å²) in [5.41, 5.74) is -0.241. The lowest BCUT2D eigenvalue weighted by atomic mass is 9.70. The minimum absolute atomic E-state index is 0.0289. The maximum absolute atomic E-state index is 11.6. The third kappa shape index (κ3) is 6.10. The predicted octanol–water partition coefficient (Wildman–Crippen LogP) is 4.49. The highest BCUT2D eigenvalue weighted by Crippen LogP contribution is 2.35. The zero-order valence-electron chi connectivity index (χ0n) is 16.9. The van der Waals surface area contributed by atoms with Crippen molar-refractivity contribution in [1.82, 2.24) is 5.32 Å². The molecule has 138 valence electrons. The predicted molar refractivity (Wildman–Crippen MR) is 99.2 cm³/mol. The summed E-state index contributed by atoms with van der Waals surface area (Å²) in [5, 5.41) is 12.4. The van der Waals surface area contributed by atoms with Gasteiger partial charge in [0.05, 0.1) is 11.5 Å². The van der Waals surface area contributed by atoms with Crippen LogP contribution in [0.15, 0.2) is 0 Å². The molecule has 0 aromatic rings. The van der Waals surface area contributed by atoms with Crippen molar-refractivity contribution in [2.75, 3.05) is 7.05 Å². The van der Waals surface area contributed by atoms with Gasteiger partial charge in [-0.05, 0) is 42.4 Å². The van der Waals surface area contributed by atoms with Gasteiger partial charge < -0.3 is 10.4 Å². The van der Waals surface area contributed by atoms with Crippen molar-refractivity contribution in [1.29, 1.82) is 0 Å². The Kier molecular flexibility index (Phi) is 9.42. The van der Waals surface area contributed by atoms with Crippen LogP contribution >= 0.6 is 0 Å². The Morgan fingerprint density at radius 1 is 1.09 bits per heavy atom. The summed E-state index contributed by atoms with van der Waals surface area (Å²) >= 11 is 0. The minimum atomic E-state index is -0.241. The van der Waals surface area contributed by atoms with E-state index in [1.54, 1.807) is 7.05 Å². The first-order valence-electron chi connectivity index (χ1n) is 9.38. The molecule has 0 spiro atoms. The molecule has 3 unspecified atom stereocenters. The number of nitrogens with one attached hydrogen (secondary N) is 1. The first-order valence-corrected chi connectivity index (χ1v) is 9.38. The van der Waals surface area contributed by atoms with Gasteiger partial charge in [0.25, 0.3) is 0 Å². The van der Waals surface area contributed by atoms with Crippen molar-refractivity contribution in [2.24, 2.45) is 35.0 Å². The number of amides is 1. The third-order valence-corrected chi connectivity index (χ3v) is 6.10. The molecule has 0 aromatic carbocycles. The van der Waals surface area contributed by atoms with Crippen LogP contribution in [0.5, 0.6) is 0 Å². The molecule has 1 fully saturated rings. The largest absolute Gasteiger partial charge is 0.393 e. The molecule has 1 amide bonds. The number of carbonyl (C=O) groups is 1. The van der Waals surface area contributed by atoms with Gasteiger partial charge in [-0.2, -0.15) is 0 Å². The van der Waals surface area contributed by atoms with Gasteiger partial charge in [0, 0.05) is 7.05 Å². The molecule has 1 aliphatic rings. The molecule has 1 saturated carbocycles. The summed E-state index contributed by atoms with van der Waals surface area (Å²) in [6.45, 7) is 17.1. The van der Waals surface area contributed by atoms with Gasteiger partial charge in [0.2, 0.25) is 5.91 Å². The van der Waals surface area contributed by atoms with E-state index < -0.39 is 0 Å². The lowest BCUT2D eigenvalue weighted by Crippen LogP contribution is -2.44. The highest BCUT2D eigenvalue weighted by Gasteiger charge is 2.38. The zero-order valence-corrected chi connectivity index (χ0v) is 16.9. The second-order valence-electron chi connectivity index (χ2n) is 8.56. The number of hydrogen-bond donors (Lipinski definition) is 2. The standard InChI is InChI=1S/C10H21NO.C10H20O/c1-7(2)10(5,8(3)4)9(12)11-6;1-7(2)9-5-4-8(3)6-10(9)11/h7-8H,1-6H3,(H,11,12);7-11H,4-6H2,1-3H3. The molecule has 0 heterocycles. The average molecular weight is 328 g/mol. The van der Waals surface area contributed by atoms with Gasteiger partial charge in [-0.3, -0.25) is 4.79 Å². The van der Waals surface area contributed by atoms with Gasteiger partial charge in [0.1, 0.15) is 0 Å². The molecule has 3 atom stereocenters. The number of hydrogen-bond acceptors (Lipinski definition) is 2. The summed E-state index contributed by atoms with van der Waals surface area (Å²) in [6.07, 6.45) is 3.52. The van der Waals surface area contributed by atoms with E-state index in [2.05, 4.69) is 53.8 Å². The summed E-state index contributed by atoms with van der Waals surface area (Å²) in [5.74, 6) is 2.84. The molecule has 0 saturated heterocycles. The summed E-state index contributed by atoms with van der Waals surface area (Å²) in [6, 6.07) is 0. The molecule has 0 aliphatic heterocycles. The van der Waals surface area contributed by atoms with Crippen molar-refractivity contribution in [3.8, 4) is 0 Å². The second-order valence-corrected chi connectivity index (χ2v) is 8.56. The Morgan fingerprint density at radius 3 is 1.83 bits per heavy atom. The van der Waals surface area contributed by atoms with Gasteiger partial charge in [-0.15, -0.1) is 0 Å². The first kappa shape index (κ1) is 22.4. The molecule has 3 nitrogen and oxygen atoms in total. The van der Waals surface area contributed by atoms with Crippen LogP contribution in [0.3, 0.4) is 0 Å². The quantitative estimate of drug-likeness (QED) is 0.799. The normalized spacial score (nSPS) is 25.3. The van der Waals surface area contributed by atoms with Crippen LogP contribution in [0.25, 0.3) is 0 Å². The van der Waals surface area contributed by atoms with Crippen LogP contribution in [0, 0.1) is 35.0 Å². The molecule has 2 N–H and O–H groups in total. The molecule has 1 rings (SSSR count). The molecule has 3 heteroatoms. The Morgan fingerprint density at radius 2 is 1.57 bits per heavy atom. The van der Waals surface area contributed by atoms with Crippen molar-refractivity contribution in [2.45, 2.75) is 80.8 Å². The fourth-order valence-corrected chi connectivity index (χ4v) is 3.61. The second kappa shape index (κ2) is 9.66. The number of rotatable bonds is 4. The lowest BCUT2D eigenvalue weighted by Gasteiger charge is -2.35. The lowest BCUT2D eigenvalue weighted by molar-refractivity contribution is -0.134. The average Bonchev–Trinajstić information content (AvgIpc) is 2.45. The van der Waals surface area contributed by atoms with Crippen LogP contribution in [-0.4, -0.2) is 24.2 Å². The highest BCUT2D eigenvalue weighted by atomic mass is 16.3. The summed E-state index contributed by atoms with van der Waals surface area (Å²) in [7, 11) is 1.70. The Labute approximate surface area is 144 Å². The molecule has 0 bridgehead atoms. The van der Waals surface area contributed by atoms with Crippen LogP contribution in [-0.2, 0) is 4.79 Å². The van der Waals surface area contributed by atoms with Crippen molar-refractivity contribution < 1.29 is 9.90 Å². The van der Waals surface area contributed by atoms with Crippen LogP contribution in [0.2, 0.25) is 0 Å². The zero-order chi connectivity index (χ0) is 18.4. The molecule has 0 aromatic heterocycles. The Hall–Kier alpha value is -0.570. The van der Waals surface area contributed by atoms with Gasteiger partial charge >= 0.3 is 0 Å². The van der Waals surface area contributed by atoms with E-state index >= 15 is 0 Å². The SMILES string of the molecule is CC1CCC(C(C)C)C(O)C1.CNC(=O)C(C)(C(C)C)C(C)C. The molecule has 0 radical (unpaired) electrons. The van der Waals surface area contributed by atoms with Crippen molar-refractivity contribution in [3.63, 3.8) is 0 Å². The summed E-state index contributed by atoms with van der Waals surface area (Å²) in [4.78, 5) is 11.6. The van der Waals surface area contributed by atoms with E-state index in [4.69, 9.17) is 0 Å². The Balaban J connectivity index is 0.000000422. The fourth-order valence-electron chi connectivity index (χ4n) is 3.61. The minimum Gasteiger partial charge on any atom is -0.393 e. The maximum atomic E-state index is 11.6. The molecule has 23 heavy (non-hydrogen) atoms. The van der Waals surface area contributed by atoms with E-state index in [9.17, 15) is 9.90 Å². The van der Waals surface area contributed by atoms with E-state index in [0.717, 1.165) is 12.3 Å². The molecular formula is C20H41NO2. The molecular weight excluding hydrogens is 286 g/mol.